The van der Waals surface area contributed by atoms with E-state index in [1.165, 1.54) is 0 Å². The van der Waals surface area contributed by atoms with E-state index in [1.54, 1.807) is 0 Å². The van der Waals surface area contributed by atoms with E-state index in [1.807, 2.05) is 12.1 Å². The predicted molar refractivity (Wildman–Crippen MR) is 339 cm³/mol. The number of aryl methyl sites for hydroxylation is 4. The lowest BCUT2D eigenvalue weighted by Crippen LogP contribution is -2.17. The van der Waals surface area contributed by atoms with Crippen LogP contribution in [0.5, 0.6) is 0 Å². The minimum atomic E-state index is 0.421. The number of benzene rings is 11. The maximum Gasteiger partial charge on any atom is 0.164 e. The van der Waals surface area contributed by atoms with E-state index >= 15 is 0 Å². The number of aromatic nitrogens is 6. The third-order valence-corrected chi connectivity index (χ3v) is 16.8. The molecule has 0 spiro atoms. The number of nitriles is 1. The van der Waals surface area contributed by atoms with Crippen molar-refractivity contribution >= 4 is 87.2 Å². The molecule has 5 aromatic heterocycles. The van der Waals surface area contributed by atoms with Gasteiger partial charge in [-0.05, 0) is 107 Å². The molecule has 5 heterocycles. The van der Waals surface area contributed by atoms with E-state index in [2.05, 4.69) is 276 Å². The molecular weight excluding hydrogens is 999 g/mol. The molecule has 0 amide bonds. The molecule has 16 aromatic rings. The molecule has 0 N–H and O–H groups in total. The number of nitrogens with zero attached hydrogens (tertiary/aromatic N) is 7. The highest BCUT2D eigenvalue weighted by Crippen LogP contribution is 2.52. The Morgan fingerprint density at radius 2 is 0.585 bits per heavy atom. The number of hydrogen-bond acceptors (Lipinski definition) is 3. The van der Waals surface area contributed by atoms with Gasteiger partial charge in [0.05, 0.1) is 89.4 Å². The van der Waals surface area contributed by atoms with E-state index in [0.717, 1.165) is 149 Å². The van der Waals surface area contributed by atoms with Crippen LogP contribution in [0.1, 0.15) is 27.8 Å². The third kappa shape index (κ3) is 6.95. The lowest BCUT2D eigenvalue weighted by atomic mass is 9.96. The first kappa shape index (κ1) is 47.2. The second-order valence-corrected chi connectivity index (χ2v) is 21.9. The van der Waals surface area contributed by atoms with Crippen LogP contribution in [-0.2, 0) is 0 Å². The van der Waals surface area contributed by atoms with Crippen molar-refractivity contribution in [3.8, 4) is 62.7 Å². The first-order valence-electron chi connectivity index (χ1n) is 28.0. The minimum Gasteiger partial charge on any atom is -0.306 e. The van der Waals surface area contributed by atoms with Crippen LogP contribution in [0.25, 0.3) is 144 Å². The summed E-state index contributed by atoms with van der Waals surface area (Å²) >= 11 is 0. The number of para-hydroxylation sites is 4. The van der Waals surface area contributed by atoms with Gasteiger partial charge < -0.3 is 18.3 Å². The average Bonchev–Trinajstić information content (AvgIpc) is 3.27. The van der Waals surface area contributed by atoms with Gasteiger partial charge >= 0.3 is 0 Å². The van der Waals surface area contributed by atoms with Crippen LogP contribution in [0.15, 0.2) is 237 Å². The Labute approximate surface area is 473 Å². The first-order valence-corrected chi connectivity index (χ1v) is 28.0. The molecule has 386 valence electrons. The van der Waals surface area contributed by atoms with E-state index in [9.17, 15) is 5.26 Å². The van der Waals surface area contributed by atoms with Crippen molar-refractivity contribution in [3.05, 3.63) is 264 Å². The van der Waals surface area contributed by atoms with Gasteiger partial charge in [-0.25, -0.2) is 9.97 Å². The zero-order valence-corrected chi connectivity index (χ0v) is 45.6. The van der Waals surface area contributed by atoms with Gasteiger partial charge in [-0.3, -0.25) is 0 Å². The fourth-order valence-corrected chi connectivity index (χ4v) is 13.3. The molecule has 0 aliphatic carbocycles. The molecule has 0 saturated heterocycles. The summed E-state index contributed by atoms with van der Waals surface area (Å²) in [6.07, 6.45) is 0. The maximum absolute atomic E-state index is 13.0. The first-order chi connectivity index (χ1) is 40.3. The molecule has 0 aliphatic rings. The highest BCUT2D eigenvalue weighted by Gasteiger charge is 2.36. The summed E-state index contributed by atoms with van der Waals surface area (Å²) in [6.45, 7) is 8.65. The summed E-state index contributed by atoms with van der Waals surface area (Å²) in [4.78, 5) is 11.5. The average molecular weight is 1050 g/mol. The Hall–Kier alpha value is -10.8. The van der Waals surface area contributed by atoms with Gasteiger partial charge in [0.1, 0.15) is 6.07 Å². The number of fused-ring (bicyclic) bond motifs is 12. The van der Waals surface area contributed by atoms with Crippen LogP contribution in [0, 0.1) is 39.0 Å². The van der Waals surface area contributed by atoms with Gasteiger partial charge in [0, 0.05) is 54.2 Å². The molecule has 0 aliphatic heterocycles. The zero-order chi connectivity index (χ0) is 54.9. The Bertz CT molecular complexity index is 5330. The normalized spacial score (nSPS) is 11.9. The third-order valence-electron chi connectivity index (χ3n) is 16.8. The molecule has 0 radical (unpaired) electrons. The molecule has 7 nitrogen and oxygen atoms in total. The largest absolute Gasteiger partial charge is 0.306 e. The molecule has 11 aromatic carbocycles. The Balaban J connectivity index is 1.27. The Kier molecular flexibility index (Phi) is 10.4. The molecule has 82 heavy (non-hydrogen) atoms. The van der Waals surface area contributed by atoms with E-state index in [0.29, 0.717) is 22.6 Å². The van der Waals surface area contributed by atoms with Crippen molar-refractivity contribution in [2.75, 3.05) is 0 Å². The van der Waals surface area contributed by atoms with E-state index < -0.39 is 0 Å². The molecule has 0 fully saturated rings. The fraction of sp³-hybridized carbons (Fsp3) is 0.0533. The fourth-order valence-electron chi connectivity index (χ4n) is 13.3. The SMILES string of the molecule is Cc1ccc2c(c1)c1ccccc1n2-c1c(C#N)c(-c2nc(-c3ccccc3)cc(-c3ccccc3)n2)c(-n2c3ccccc3c3cc(C)ccc32)c(-n2c3ccccc3c3cc(C)ccc32)c1-n1c2ccccc2c2cc(C)ccc21. The van der Waals surface area contributed by atoms with Crippen LogP contribution in [0.3, 0.4) is 0 Å². The van der Waals surface area contributed by atoms with Gasteiger partial charge in [0.2, 0.25) is 0 Å². The summed E-state index contributed by atoms with van der Waals surface area (Å²) in [6, 6.07) is 87.8. The predicted octanol–water partition coefficient (Wildman–Crippen LogP) is 19.0. The van der Waals surface area contributed by atoms with E-state index in [-0.39, 0.29) is 0 Å². The standard InChI is InChI=1S/C75H51N7/c1-45-31-35-66-55(39-45)51-23-11-15-27-62(51)79(66)71-59(44-76)70(75-77-60(49-19-7-5-8-20-49)43-61(78-75)50-21-9-6-10-22-50)72(80-63-28-16-12-24-52(63)56-40-46(2)32-36-67(56)80)74(82-65-30-18-14-26-54(65)58-42-48(4)34-38-69(58)82)73(71)81-64-29-17-13-25-53(64)57-41-47(3)33-37-68(57)81/h5-43H,1-4H3. The van der Waals surface area contributed by atoms with Gasteiger partial charge in [-0.15, -0.1) is 0 Å². The topological polar surface area (TPSA) is 69.3 Å². The Morgan fingerprint density at radius 1 is 0.293 bits per heavy atom. The van der Waals surface area contributed by atoms with Crippen molar-refractivity contribution in [1.29, 1.82) is 5.26 Å². The molecule has 0 saturated carbocycles. The molecular formula is C75H51N7. The van der Waals surface area contributed by atoms with Crippen molar-refractivity contribution in [3.63, 3.8) is 0 Å². The summed E-state index contributed by atoms with van der Waals surface area (Å²) in [5.41, 5.74) is 20.1. The van der Waals surface area contributed by atoms with Gasteiger partial charge in [-0.1, -0.05) is 180 Å². The van der Waals surface area contributed by atoms with Gasteiger partial charge in [0.15, 0.2) is 5.82 Å². The minimum absolute atomic E-state index is 0.421. The quantitative estimate of drug-likeness (QED) is 0.160. The zero-order valence-electron chi connectivity index (χ0n) is 45.6. The number of hydrogen-bond donors (Lipinski definition) is 0. The van der Waals surface area contributed by atoms with Crippen LogP contribution in [0.2, 0.25) is 0 Å². The van der Waals surface area contributed by atoms with Crippen molar-refractivity contribution < 1.29 is 0 Å². The van der Waals surface area contributed by atoms with Gasteiger partial charge in [0.25, 0.3) is 0 Å². The monoisotopic (exact) mass is 1050 g/mol. The highest BCUT2D eigenvalue weighted by atomic mass is 15.1. The molecule has 7 heteroatoms. The second-order valence-electron chi connectivity index (χ2n) is 21.9. The molecule has 16 rings (SSSR count). The Morgan fingerprint density at radius 3 is 0.939 bits per heavy atom. The highest BCUT2D eigenvalue weighted by molar-refractivity contribution is 6.17. The molecule has 0 bridgehead atoms. The maximum atomic E-state index is 13.0. The second kappa shape index (κ2) is 18.1. The molecule has 0 atom stereocenters. The summed E-state index contributed by atoms with van der Waals surface area (Å²) < 4.78 is 9.74. The smallest absolute Gasteiger partial charge is 0.164 e. The lowest BCUT2D eigenvalue weighted by molar-refractivity contribution is 1.01. The van der Waals surface area contributed by atoms with Crippen LogP contribution in [-0.4, -0.2) is 28.2 Å². The van der Waals surface area contributed by atoms with Crippen molar-refractivity contribution in [1.82, 2.24) is 28.2 Å². The summed E-state index contributed by atoms with van der Waals surface area (Å²) in [7, 11) is 0. The molecule has 0 unspecified atom stereocenters. The van der Waals surface area contributed by atoms with Gasteiger partial charge in [-0.2, -0.15) is 5.26 Å². The van der Waals surface area contributed by atoms with Crippen LogP contribution >= 0.6 is 0 Å². The van der Waals surface area contributed by atoms with Crippen molar-refractivity contribution in [2.24, 2.45) is 0 Å². The van der Waals surface area contributed by atoms with Crippen LogP contribution in [0.4, 0.5) is 0 Å². The van der Waals surface area contributed by atoms with Crippen LogP contribution < -0.4 is 0 Å². The summed E-state index contributed by atoms with van der Waals surface area (Å²) in [5.74, 6) is 0.421. The van der Waals surface area contributed by atoms with E-state index in [4.69, 9.17) is 9.97 Å². The lowest BCUT2D eigenvalue weighted by Gasteiger charge is -2.29. The summed E-state index contributed by atoms with van der Waals surface area (Å²) in [5, 5.41) is 21.9. The number of rotatable bonds is 7. The van der Waals surface area contributed by atoms with Crippen molar-refractivity contribution in [2.45, 2.75) is 27.7 Å².